The van der Waals surface area contributed by atoms with Crippen LogP contribution < -0.4 is 10.6 Å². The molecule has 1 aromatic heterocycles. The quantitative estimate of drug-likeness (QED) is 0.622. The zero-order chi connectivity index (χ0) is 14.9. The fourth-order valence-corrected chi connectivity index (χ4v) is 2.97. The molecule has 2 rings (SSSR count). The predicted octanol–water partition coefficient (Wildman–Crippen LogP) is 1.82. The number of likely N-dealkylation sites (tertiary alicyclic amines) is 1. The number of guanidine groups is 1. The van der Waals surface area contributed by atoms with Crippen molar-refractivity contribution in [3.05, 3.63) is 22.4 Å². The minimum absolute atomic E-state index is 0.244. The minimum Gasteiger partial charge on any atom is -0.357 e. The van der Waals surface area contributed by atoms with E-state index in [4.69, 9.17) is 0 Å². The summed E-state index contributed by atoms with van der Waals surface area (Å²) in [5.74, 6) is 1.02. The molecular formula is C15H24N4OS. The van der Waals surface area contributed by atoms with Crippen LogP contribution in [0, 0.1) is 0 Å². The number of thiophene rings is 1. The Morgan fingerprint density at radius 2 is 2.19 bits per heavy atom. The number of carbonyl (C=O) groups is 1. The molecule has 0 bridgehead atoms. The van der Waals surface area contributed by atoms with E-state index >= 15 is 0 Å². The number of rotatable bonds is 6. The second-order valence-corrected chi connectivity index (χ2v) is 5.87. The van der Waals surface area contributed by atoms with E-state index in [1.165, 1.54) is 5.56 Å². The van der Waals surface area contributed by atoms with Gasteiger partial charge in [-0.25, -0.2) is 4.99 Å². The lowest BCUT2D eigenvalue weighted by Crippen LogP contribution is -2.39. The highest BCUT2D eigenvalue weighted by molar-refractivity contribution is 7.07. The van der Waals surface area contributed by atoms with E-state index in [1.807, 2.05) is 11.8 Å². The molecule has 21 heavy (non-hydrogen) atoms. The lowest BCUT2D eigenvalue weighted by Gasteiger charge is -2.16. The van der Waals surface area contributed by atoms with Crippen LogP contribution in [0.1, 0.15) is 31.7 Å². The molecular weight excluding hydrogens is 284 g/mol. The lowest BCUT2D eigenvalue weighted by atomic mass is 10.3. The zero-order valence-corrected chi connectivity index (χ0v) is 13.4. The van der Waals surface area contributed by atoms with Crippen LogP contribution in [0.15, 0.2) is 21.8 Å². The maximum absolute atomic E-state index is 12.0. The van der Waals surface area contributed by atoms with Crippen LogP contribution in [0.2, 0.25) is 0 Å². The fourth-order valence-electron chi connectivity index (χ4n) is 2.31. The second kappa shape index (κ2) is 8.67. The number of hydrogen-bond donors (Lipinski definition) is 2. The first-order valence-electron chi connectivity index (χ1n) is 7.60. The van der Waals surface area contributed by atoms with Gasteiger partial charge in [-0.2, -0.15) is 11.3 Å². The second-order valence-electron chi connectivity index (χ2n) is 5.09. The molecule has 1 aliphatic rings. The molecule has 1 amide bonds. The van der Waals surface area contributed by atoms with Crippen molar-refractivity contribution in [3.63, 3.8) is 0 Å². The van der Waals surface area contributed by atoms with Gasteiger partial charge in [0, 0.05) is 32.6 Å². The molecule has 0 unspecified atom stereocenters. The highest BCUT2D eigenvalue weighted by atomic mass is 32.1. The van der Waals surface area contributed by atoms with Crippen molar-refractivity contribution in [2.24, 2.45) is 4.99 Å². The van der Waals surface area contributed by atoms with Gasteiger partial charge in [0.05, 0.1) is 6.54 Å². The first kappa shape index (κ1) is 15.8. The van der Waals surface area contributed by atoms with E-state index in [-0.39, 0.29) is 5.91 Å². The summed E-state index contributed by atoms with van der Waals surface area (Å²) in [6, 6.07) is 2.08. The number of nitrogens with zero attached hydrogens (tertiary/aromatic N) is 2. The Kier molecular flexibility index (Phi) is 6.53. The smallest absolute Gasteiger partial charge is 0.224 e. The number of nitrogens with one attached hydrogen (secondary N) is 2. The topological polar surface area (TPSA) is 56.7 Å². The molecule has 5 nitrogen and oxygen atoms in total. The number of amides is 1. The van der Waals surface area contributed by atoms with Crippen molar-refractivity contribution in [2.45, 2.75) is 32.7 Å². The van der Waals surface area contributed by atoms with E-state index in [0.29, 0.717) is 19.5 Å². The van der Waals surface area contributed by atoms with Crippen molar-refractivity contribution in [3.8, 4) is 0 Å². The number of aliphatic imine (C=N–C) groups is 1. The highest BCUT2D eigenvalue weighted by Crippen LogP contribution is 2.08. The Balaban J connectivity index is 1.74. The van der Waals surface area contributed by atoms with Crippen LogP contribution in [0.4, 0.5) is 0 Å². The molecule has 116 valence electrons. The van der Waals surface area contributed by atoms with Gasteiger partial charge in [0.15, 0.2) is 5.96 Å². The largest absolute Gasteiger partial charge is 0.357 e. The van der Waals surface area contributed by atoms with Crippen molar-refractivity contribution in [1.29, 1.82) is 0 Å². The van der Waals surface area contributed by atoms with E-state index in [0.717, 1.165) is 38.4 Å². The van der Waals surface area contributed by atoms with E-state index in [1.54, 1.807) is 11.3 Å². The molecule has 1 aromatic rings. The predicted molar refractivity (Wildman–Crippen MR) is 87.6 cm³/mol. The first-order valence-corrected chi connectivity index (χ1v) is 8.55. The van der Waals surface area contributed by atoms with E-state index < -0.39 is 0 Å². The molecule has 0 aliphatic carbocycles. The molecule has 2 N–H and O–H groups in total. The third kappa shape index (κ3) is 5.38. The molecule has 0 spiro atoms. The van der Waals surface area contributed by atoms with Gasteiger partial charge in [0.1, 0.15) is 0 Å². The average molecular weight is 308 g/mol. The minimum atomic E-state index is 0.244. The third-order valence-electron chi connectivity index (χ3n) is 3.43. The molecule has 2 heterocycles. The summed E-state index contributed by atoms with van der Waals surface area (Å²) in [6.45, 7) is 5.99. The monoisotopic (exact) mass is 308 g/mol. The fraction of sp³-hybridized carbons (Fsp3) is 0.600. The summed E-state index contributed by atoms with van der Waals surface area (Å²) in [6.07, 6.45) is 2.82. The molecule has 0 atom stereocenters. The summed E-state index contributed by atoms with van der Waals surface area (Å²) in [5, 5.41) is 10.6. The molecule has 1 saturated heterocycles. The van der Waals surface area contributed by atoms with Crippen molar-refractivity contribution in [1.82, 2.24) is 15.5 Å². The Morgan fingerprint density at radius 3 is 2.86 bits per heavy atom. The molecule has 0 aromatic carbocycles. The Morgan fingerprint density at radius 1 is 1.38 bits per heavy atom. The van der Waals surface area contributed by atoms with Gasteiger partial charge >= 0.3 is 0 Å². The molecule has 0 saturated carbocycles. The Bertz CT molecular complexity index is 452. The summed E-state index contributed by atoms with van der Waals surface area (Å²) >= 11 is 1.68. The molecule has 0 radical (unpaired) electrons. The van der Waals surface area contributed by atoms with Crippen LogP contribution in [-0.2, 0) is 11.3 Å². The Labute approximate surface area is 130 Å². The Hall–Kier alpha value is -1.56. The molecule has 1 fully saturated rings. The highest BCUT2D eigenvalue weighted by Gasteiger charge is 2.17. The van der Waals surface area contributed by atoms with Crippen LogP contribution in [0.25, 0.3) is 0 Å². The maximum atomic E-state index is 12.0. The van der Waals surface area contributed by atoms with Crippen LogP contribution in [0.5, 0.6) is 0 Å². The van der Waals surface area contributed by atoms with Crippen LogP contribution >= 0.6 is 11.3 Å². The summed E-state index contributed by atoms with van der Waals surface area (Å²) < 4.78 is 0. The number of carbonyl (C=O) groups excluding carboxylic acids is 1. The summed E-state index contributed by atoms with van der Waals surface area (Å²) in [5.41, 5.74) is 1.21. The van der Waals surface area contributed by atoms with Gasteiger partial charge in [-0.3, -0.25) is 4.79 Å². The van der Waals surface area contributed by atoms with Crippen molar-refractivity contribution < 1.29 is 4.79 Å². The lowest BCUT2D eigenvalue weighted by molar-refractivity contribution is -0.129. The summed E-state index contributed by atoms with van der Waals surface area (Å²) in [4.78, 5) is 18.4. The van der Waals surface area contributed by atoms with Gasteiger partial charge in [-0.05, 0) is 42.2 Å². The number of hydrogen-bond acceptors (Lipinski definition) is 3. The first-order chi connectivity index (χ1) is 10.3. The maximum Gasteiger partial charge on any atom is 0.224 e. The van der Waals surface area contributed by atoms with E-state index in [9.17, 15) is 4.79 Å². The van der Waals surface area contributed by atoms with Crippen molar-refractivity contribution >= 4 is 23.2 Å². The average Bonchev–Trinajstić information content (AvgIpc) is 3.17. The van der Waals surface area contributed by atoms with Crippen LogP contribution in [-0.4, -0.2) is 42.9 Å². The summed E-state index contributed by atoms with van der Waals surface area (Å²) in [7, 11) is 0. The van der Waals surface area contributed by atoms with Gasteiger partial charge in [-0.1, -0.05) is 0 Å². The molecule has 1 aliphatic heterocycles. The van der Waals surface area contributed by atoms with Crippen molar-refractivity contribution in [2.75, 3.05) is 26.2 Å². The van der Waals surface area contributed by atoms with Gasteiger partial charge < -0.3 is 15.5 Å². The molecule has 6 heteroatoms. The standard InChI is InChI=1S/C15H24N4OS/c1-2-16-15(18-11-13-6-10-21-12-13)17-7-5-14(20)19-8-3-4-9-19/h6,10,12H,2-5,7-9,11H2,1H3,(H2,16,17,18). The zero-order valence-electron chi connectivity index (χ0n) is 12.6. The third-order valence-corrected chi connectivity index (χ3v) is 4.17. The van der Waals surface area contributed by atoms with Crippen LogP contribution in [0.3, 0.4) is 0 Å². The van der Waals surface area contributed by atoms with Gasteiger partial charge in [-0.15, -0.1) is 0 Å². The van der Waals surface area contributed by atoms with E-state index in [2.05, 4.69) is 32.5 Å². The van der Waals surface area contributed by atoms with Gasteiger partial charge in [0.25, 0.3) is 0 Å². The normalized spacial score (nSPS) is 15.3. The van der Waals surface area contributed by atoms with Gasteiger partial charge in [0.2, 0.25) is 5.91 Å². The SMILES string of the molecule is CCNC(=NCc1ccsc1)NCCC(=O)N1CCCC1.